The van der Waals surface area contributed by atoms with Crippen molar-refractivity contribution in [3.63, 3.8) is 0 Å². The molecule has 6 unspecified atom stereocenters. The Balaban J connectivity index is 1.61. The van der Waals surface area contributed by atoms with Crippen LogP contribution in [0.5, 0.6) is 0 Å². The fourth-order valence-electron chi connectivity index (χ4n) is 5.89. The Morgan fingerprint density at radius 2 is 1.68 bits per heavy atom. The summed E-state index contributed by atoms with van der Waals surface area (Å²) in [7, 11) is -3.74. The maximum atomic E-state index is 13.4. The molecule has 31 heavy (non-hydrogen) atoms. The highest BCUT2D eigenvalue weighted by Gasteiger charge is 2.47. The summed E-state index contributed by atoms with van der Waals surface area (Å²) in [6.45, 7) is 2.97. The third kappa shape index (κ3) is 6.51. The first-order chi connectivity index (χ1) is 14.6. The Hall–Kier alpha value is -0.0500. The molecule has 0 aliphatic heterocycles. The Labute approximate surface area is 190 Å². The summed E-state index contributed by atoms with van der Waals surface area (Å²) in [5.41, 5.74) is 0. The molecular weight excluding hydrogens is 449 g/mol. The second-order valence-corrected chi connectivity index (χ2v) is 12.5. The van der Waals surface area contributed by atoms with E-state index in [1.165, 1.54) is 17.1 Å². The van der Waals surface area contributed by atoms with Crippen molar-refractivity contribution in [2.75, 3.05) is 13.1 Å². The molecule has 1 N–H and O–H groups in total. The highest BCUT2D eigenvalue weighted by molar-refractivity contribution is 7.89. The Morgan fingerprint density at radius 3 is 2.35 bits per heavy atom. The second kappa shape index (κ2) is 10.9. The number of nitrogens with one attached hydrogen (secondary N) is 1. The number of alkyl halides is 4. The van der Waals surface area contributed by atoms with Crippen LogP contribution in [0.15, 0.2) is 0 Å². The molecule has 0 saturated heterocycles. The van der Waals surface area contributed by atoms with Crippen molar-refractivity contribution < 1.29 is 21.6 Å². The van der Waals surface area contributed by atoms with Gasteiger partial charge in [0.2, 0.25) is 10.0 Å². The van der Waals surface area contributed by atoms with E-state index in [4.69, 9.17) is 11.6 Å². The quantitative estimate of drug-likeness (QED) is 0.486. The maximum absolute atomic E-state index is 13.4. The SMILES string of the molecule is CCN(C1CCCC(CNC2CCCCC2Cl)C1)S(=O)(=O)C1CCCC(C(F)(F)F)C1. The van der Waals surface area contributed by atoms with E-state index in [0.29, 0.717) is 31.3 Å². The second-order valence-electron chi connectivity index (χ2n) is 9.78. The van der Waals surface area contributed by atoms with E-state index in [1.54, 1.807) is 0 Å². The lowest BCUT2D eigenvalue weighted by atomic mass is 9.85. The van der Waals surface area contributed by atoms with Crippen LogP contribution in [-0.2, 0) is 10.0 Å². The molecular formula is C22H38ClF3N2O2S. The van der Waals surface area contributed by atoms with Gasteiger partial charge in [0.25, 0.3) is 0 Å². The summed E-state index contributed by atoms with van der Waals surface area (Å²) < 4.78 is 68.0. The monoisotopic (exact) mass is 486 g/mol. The van der Waals surface area contributed by atoms with Crippen molar-refractivity contribution in [2.45, 2.75) is 113 Å². The van der Waals surface area contributed by atoms with Crippen LogP contribution in [0.3, 0.4) is 0 Å². The maximum Gasteiger partial charge on any atom is 0.391 e. The van der Waals surface area contributed by atoms with Crippen LogP contribution >= 0.6 is 11.6 Å². The van der Waals surface area contributed by atoms with Crippen molar-refractivity contribution >= 4 is 21.6 Å². The van der Waals surface area contributed by atoms with Gasteiger partial charge in [-0.05, 0) is 63.8 Å². The number of nitrogens with zero attached hydrogens (tertiary/aromatic N) is 1. The zero-order chi connectivity index (χ0) is 22.6. The van der Waals surface area contributed by atoms with Crippen LogP contribution in [0.2, 0.25) is 0 Å². The van der Waals surface area contributed by atoms with Crippen LogP contribution < -0.4 is 5.32 Å². The predicted octanol–water partition coefficient (Wildman–Crippen LogP) is 5.46. The summed E-state index contributed by atoms with van der Waals surface area (Å²) >= 11 is 6.46. The van der Waals surface area contributed by atoms with E-state index < -0.39 is 27.4 Å². The zero-order valence-corrected chi connectivity index (χ0v) is 20.1. The van der Waals surface area contributed by atoms with Gasteiger partial charge in [0, 0.05) is 24.0 Å². The van der Waals surface area contributed by atoms with Crippen LogP contribution in [0.25, 0.3) is 0 Å². The molecule has 3 aliphatic carbocycles. The molecule has 0 aromatic heterocycles. The molecule has 9 heteroatoms. The Bertz CT molecular complexity index is 676. The molecule has 3 fully saturated rings. The van der Waals surface area contributed by atoms with Crippen LogP contribution in [0, 0.1) is 11.8 Å². The topological polar surface area (TPSA) is 49.4 Å². The largest absolute Gasteiger partial charge is 0.391 e. The summed E-state index contributed by atoms with van der Waals surface area (Å²) in [5, 5.41) is 2.87. The average molecular weight is 487 g/mol. The first kappa shape index (κ1) is 25.6. The van der Waals surface area contributed by atoms with Crippen molar-refractivity contribution in [2.24, 2.45) is 11.8 Å². The average Bonchev–Trinajstić information content (AvgIpc) is 2.73. The minimum Gasteiger partial charge on any atom is -0.312 e. The van der Waals surface area contributed by atoms with E-state index in [9.17, 15) is 21.6 Å². The molecule has 0 spiro atoms. The van der Waals surface area contributed by atoms with Crippen LogP contribution in [-0.4, -0.2) is 54.7 Å². The standard InChI is InChI=1S/C22H38ClF3N2O2S/c1-2-28(31(29,30)19-10-6-8-17(14-19)22(24,25)26)18-9-5-7-16(13-18)15-27-21-12-4-3-11-20(21)23/h16-21,27H,2-15H2,1H3. The molecule has 6 atom stereocenters. The minimum absolute atomic E-state index is 0.0432. The van der Waals surface area contributed by atoms with Crippen LogP contribution in [0.1, 0.15) is 84.0 Å². The Kier molecular flexibility index (Phi) is 9.01. The third-order valence-electron chi connectivity index (χ3n) is 7.66. The van der Waals surface area contributed by atoms with Gasteiger partial charge in [0.15, 0.2) is 0 Å². The summed E-state index contributed by atoms with van der Waals surface area (Å²) in [4.78, 5) is 0. The highest BCUT2D eigenvalue weighted by atomic mass is 35.5. The molecule has 0 radical (unpaired) electrons. The van der Waals surface area contributed by atoms with Crippen LogP contribution in [0.4, 0.5) is 13.2 Å². The van der Waals surface area contributed by atoms with Crippen molar-refractivity contribution in [1.29, 1.82) is 0 Å². The fraction of sp³-hybridized carbons (Fsp3) is 1.00. The molecule has 0 aromatic carbocycles. The first-order valence-corrected chi connectivity index (χ1v) is 14.0. The number of hydrogen-bond donors (Lipinski definition) is 1. The lowest BCUT2D eigenvalue weighted by Gasteiger charge is -2.40. The molecule has 0 heterocycles. The number of sulfonamides is 1. The molecule has 3 saturated carbocycles. The predicted molar refractivity (Wildman–Crippen MR) is 119 cm³/mol. The molecule has 0 bridgehead atoms. The van der Waals surface area contributed by atoms with Gasteiger partial charge >= 0.3 is 6.18 Å². The summed E-state index contributed by atoms with van der Waals surface area (Å²) in [6, 6.07) is 0.211. The van der Waals surface area contributed by atoms with Crippen molar-refractivity contribution in [3.8, 4) is 0 Å². The molecule has 4 nitrogen and oxygen atoms in total. The smallest absolute Gasteiger partial charge is 0.312 e. The van der Waals surface area contributed by atoms with Gasteiger partial charge in [-0.15, -0.1) is 11.6 Å². The van der Waals surface area contributed by atoms with E-state index in [0.717, 1.165) is 45.1 Å². The van der Waals surface area contributed by atoms with Crippen molar-refractivity contribution in [3.05, 3.63) is 0 Å². The summed E-state index contributed by atoms with van der Waals surface area (Å²) in [5.74, 6) is -1.12. The molecule has 3 aliphatic rings. The van der Waals surface area contributed by atoms with Gasteiger partial charge in [-0.3, -0.25) is 0 Å². The zero-order valence-electron chi connectivity index (χ0n) is 18.5. The van der Waals surface area contributed by atoms with E-state index in [-0.39, 0.29) is 24.3 Å². The lowest BCUT2D eigenvalue weighted by molar-refractivity contribution is -0.181. The molecule has 0 aromatic rings. The number of rotatable bonds is 7. The first-order valence-electron chi connectivity index (χ1n) is 12.1. The third-order valence-corrected chi connectivity index (χ3v) is 10.7. The fourth-order valence-corrected chi connectivity index (χ4v) is 8.55. The van der Waals surface area contributed by atoms with Gasteiger partial charge < -0.3 is 5.32 Å². The van der Waals surface area contributed by atoms with Crippen molar-refractivity contribution in [1.82, 2.24) is 9.62 Å². The van der Waals surface area contributed by atoms with E-state index in [1.807, 2.05) is 6.92 Å². The van der Waals surface area contributed by atoms with Gasteiger partial charge in [-0.2, -0.15) is 17.5 Å². The normalized spacial score (nSPS) is 35.9. The van der Waals surface area contributed by atoms with E-state index >= 15 is 0 Å². The lowest BCUT2D eigenvalue weighted by Crippen LogP contribution is -2.49. The molecule has 3 rings (SSSR count). The van der Waals surface area contributed by atoms with E-state index in [2.05, 4.69) is 5.32 Å². The number of hydrogen-bond acceptors (Lipinski definition) is 3. The van der Waals surface area contributed by atoms with Gasteiger partial charge in [0.1, 0.15) is 0 Å². The molecule has 0 amide bonds. The van der Waals surface area contributed by atoms with Gasteiger partial charge in [-0.25, -0.2) is 8.42 Å². The number of halogens is 4. The van der Waals surface area contributed by atoms with Gasteiger partial charge in [-0.1, -0.05) is 32.6 Å². The summed E-state index contributed by atoms with van der Waals surface area (Å²) in [6.07, 6.45) is 4.16. The van der Waals surface area contributed by atoms with Gasteiger partial charge in [0.05, 0.1) is 11.2 Å². The highest BCUT2D eigenvalue weighted by Crippen LogP contribution is 2.41. The minimum atomic E-state index is -4.31. The molecule has 182 valence electrons. The Morgan fingerprint density at radius 1 is 0.968 bits per heavy atom.